The Morgan fingerprint density at radius 3 is 1.25 bits per heavy atom. The lowest BCUT2D eigenvalue weighted by Crippen LogP contribution is -1.96. The topological polar surface area (TPSA) is 40.5 Å². The molecular formula is C44H38O2S2. The van der Waals surface area contributed by atoms with E-state index in [9.17, 15) is 10.2 Å². The fraction of sp³-hybridized carbons (Fsp3) is 0.136. The molecular weight excluding hydrogens is 625 g/mol. The summed E-state index contributed by atoms with van der Waals surface area (Å²) in [6.45, 7) is 8.53. The first-order valence-corrected chi connectivity index (χ1v) is 18.1. The van der Waals surface area contributed by atoms with E-state index in [1.165, 1.54) is 0 Å². The molecule has 0 saturated carbocycles. The molecule has 0 bridgehead atoms. The van der Waals surface area contributed by atoms with Gasteiger partial charge in [0.25, 0.3) is 0 Å². The van der Waals surface area contributed by atoms with Crippen LogP contribution in [0.25, 0.3) is 43.8 Å². The van der Waals surface area contributed by atoms with Gasteiger partial charge in [-0.1, -0.05) is 109 Å². The van der Waals surface area contributed by atoms with Crippen molar-refractivity contribution >= 4 is 45.1 Å². The van der Waals surface area contributed by atoms with Crippen molar-refractivity contribution in [2.45, 2.75) is 48.0 Å². The van der Waals surface area contributed by atoms with Crippen molar-refractivity contribution in [3.63, 3.8) is 0 Å². The molecule has 0 spiro atoms. The Labute approximate surface area is 291 Å². The van der Waals surface area contributed by atoms with Gasteiger partial charge in [-0.2, -0.15) is 0 Å². The van der Waals surface area contributed by atoms with Gasteiger partial charge in [0.2, 0.25) is 0 Å². The summed E-state index contributed by atoms with van der Waals surface area (Å²) in [6.07, 6.45) is 0. The summed E-state index contributed by atoms with van der Waals surface area (Å²) in [5.41, 5.74) is 7.89. The second-order valence-electron chi connectivity index (χ2n) is 12.5. The number of benzene rings is 7. The number of hydrogen-bond donors (Lipinski definition) is 2. The number of aromatic hydroxyl groups is 2. The predicted molar refractivity (Wildman–Crippen MR) is 207 cm³/mol. The third-order valence-electron chi connectivity index (χ3n) is 9.06. The summed E-state index contributed by atoms with van der Waals surface area (Å²) in [7, 11) is 0. The van der Waals surface area contributed by atoms with Crippen molar-refractivity contribution in [3.05, 3.63) is 156 Å². The van der Waals surface area contributed by atoms with Crippen LogP contribution in [0.5, 0.6) is 11.5 Å². The van der Waals surface area contributed by atoms with E-state index in [1.54, 1.807) is 23.5 Å². The Bertz CT molecular complexity index is 2120. The number of aryl methyl sites for hydroxylation is 2. The maximum absolute atomic E-state index is 11.7. The average Bonchev–Trinajstić information content (AvgIpc) is 3.10. The Morgan fingerprint density at radius 2 is 0.812 bits per heavy atom. The quantitative estimate of drug-likeness (QED) is 0.159. The number of rotatable bonds is 8. The van der Waals surface area contributed by atoms with Crippen LogP contribution in [-0.2, 0) is 0 Å². The van der Waals surface area contributed by atoms with Crippen molar-refractivity contribution < 1.29 is 10.2 Å². The maximum Gasteiger partial charge on any atom is 0.127 e. The fourth-order valence-electron chi connectivity index (χ4n) is 6.72. The van der Waals surface area contributed by atoms with Crippen LogP contribution in [0.3, 0.4) is 0 Å². The molecule has 2 N–H and O–H groups in total. The van der Waals surface area contributed by atoms with Crippen LogP contribution in [-0.4, -0.2) is 10.2 Å². The van der Waals surface area contributed by atoms with E-state index in [4.69, 9.17) is 0 Å². The molecule has 7 rings (SSSR count). The Hall–Kier alpha value is -4.64. The van der Waals surface area contributed by atoms with Gasteiger partial charge in [-0.15, -0.1) is 23.5 Å². The smallest absolute Gasteiger partial charge is 0.127 e. The van der Waals surface area contributed by atoms with E-state index in [2.05, 4.69) is 149 Å². The van der Waals surface area contributed by atoms with Gasteiger partial charge in [0, 0.05) is 42.5 Å². The molecule has 2 unspecified atom stereocenters. The molecule has 238 valence electrons. The van der Waals surface area contributed by atoms with Gasteiger partial charge in [0.1, 0.15) is 11.5 Å². The molecule has 0 fully saturated rings. The number of fused-ring (bicyclic) bond motifs is 2. The number of phenols is 2. The first-order chi connectivity index (χ1) is 23.3. The molecule has 48 heavy (non-hydrogen) atoms. The first kappa shape index (κ1) is 31.9. The largest absolute Gasteiger partial charge is 0.507 e. The highest BCUT2D eigenvalue weighted by Crippen LogP contribution is 2.50. The summed E-state index contributed by atoms with van der Waals surface area (Å²) >= 11 is 3.51. The Morgan fingerprint density at radius 1 is 0.438 bits per heavy atom. The molecule has 2 atom stereocenters. The van der Waals surface area contributed by atoms with E-state index in [0.717, 1.165) is 75.8 Å². The van der Waals surface area contributed by atoms with Gasteiger partial charge < -0.3 is 10.2 Å². The minimum atomic E-state index is 0.000944. The highest BCUT2D eigenvalue weighted by atomic mass is 32.2. The second kappa shape index (κ2) is 13.5. The van der Waals surface area contributed by atoms with Crippen LogP contribution in [0.4, 0.5) is 0 Å². The summed E-state index contributed by atoms with van der Waals surface area (Å²) in [6, 6.07) is 46.1. The van der Waals surface area contributed by atoms with Gasteiger partial charge in [-0.25, -0.2) is 0 Å². The normalized spacial score (nSPS) is 12.8. The van der Waals surface area contributed by atoms with Gasteiger partial charge in [0.05, 0.1) is 0 Å². The average molecular weight is 663 g/mol. The van der Waals surface area contributed by atoms with Crippen molar-refractivity contribution in [3.8, 4) is 33.8 Å². The van der Waals surface area contributed by atoms with Crippen LogP contribution < -0.4 is 0 Å². The zero-order valence-corrected chi connectivity index (χ0v) is 29.2. The zero-order valence-electron chi connectivity index (χ0n) is 27.6. The Kier molecular flexibility index (Phi) is 8.96. The number of thioether (sulfide) groups is 2. The minimum Gasteiger partial charge on any atom is -0.507 e. The number of hydrogen-bond acceptors (Lipinski definition) is 4. The van der Waals surface area contributed by atoms with E-state index >= 15 is 0 Å². The highest BCUT2D eigenvalue weighted by molar-refractivity contribution is 8.02. The molecule has 0 radical (unpaired) electrons. The van der Waals surface area contributed by atoms with E-state index in [-0.39, 0.29) is 10.5 Å². The van der Waals surface area contributed by atoms with Crippen LogP contribution in [0.15, 0.2) is 143 Å². The highest BCUT2D eigenvalue weighted by Gasteiger charge is 2.22. The van der Waals surface area contributed by atoms with Crippen LogP contribution in [0, 0.1) is 13.8 Å². The van der Waals surface area contributed by atoms with Gasteiger partial charge in [0.15, 0.2) is 0 Å². The molecule has 0 amide bonds. The molecule has 2 nitrogen and oxygen atoms in total. The van der Waals surface area contributed by atoms with Crippen molar-refractivity contribution in [2.24, 2.45) is 0 Å². The van der Waals surface area contributed by atoms with Crippen LogP contribution in [0.1, 0.15) is 46.6 Å². The van der Waals surface area contributed by atoms with E-state index < -0.39 is 0 Å². The van der Waals surface area contributed by atoms with Gasteiger partial charge in [-0.3, -0.25) is 0 Å². The third-order valence-corrected chi connectivity index (χ3v) is 11.6. The van der Waals surface area contributed by atoms with Gasteiger partial charge in [-0.05, 0) is 95.8 Å². The molecule has 0 saturated heterocycles. The second-order valence-corrected chi connectivity index (χ2v) is 15.3. The van der Waals surface area contributed by atoms with Crippen LogP contribution in [0.2, 0.25) is 0 Å². The lowest BCUT2D eigenvalue weighted by atomic mass is 9.93. The van der Waals surface area contributed by atoms with Crippen molar-refractivity contribution in [1.29, 1.82) is 0 Å². The minimum absolute atomic E-state index is 0.000944. The molecule has 7 aromatic rings. The van der Waals surface area contributed by atoms with Gasteiger partial charge >= 0.3 is 0 Å². The van der Waals surface area contributed by atoms with Crippen molar-refractivity contribution in [1.82, 2.24) is 0 Å². The molecule has 0 heterocycles. The SMILES string of the molecule is Cc1cc(-c2cccc3ccccc23)c(O)c(C(C)Sc2ccccc2SC(C)c2cc(C)cc(-c3cccc4ccccc34)c2O)c1. The molecule has 0 aliphatic carbocycles. The summed E-state index contributed by atoms with van der Waals surface area (Å²) in [4.78, 5) is 2.30. The fourth-order valence-corrected chi connectivity index (χ4v) is 9.06. The van der Waals surface area contributed by atoms with E-state index in [0.29, 0.717) is 11.5 Å². The Balaban J connectivity index is 1.19. The van der Waals surface area contributed by atoms with Crippen LogP contribution >= 0.6 is 23.5 Å². The molecule has 4 heteroatoms. The predicted octanol–water partition coefficient (Wildman–Crippen LogP) is 13.1. The summed E-state index contributed by atoms with van der Waals surface area (Å²) in [5, 5.41) is 28.0. The third kappa shape index (κ3) is 6.19. The van der Waals surface area contributed by atoms with Crippen molar-refractivity contribution in [2.75, 3.05) is 0 Å². The maximum atomic E-state index is 11.7. The standard InChI is InChI=1S/C44H38O2S2/c1-27-23-37(43(45)39(25-27)35-19-11-15-31-13-5-7-17-33(31)35)29(3)47-41-21-9-10-22-42(41)48-30(4)38-24-28(2)26-40(44(38)46)36-20-12-16-32-14-6-8-18-34(32)36/h5-26,29-30,45-46H,1-4H3. The summed E-state index contributed by atoms with van der Waals surface area (Å²) < 4.78 is 0. The molecule has 0 aliphatic rings. The monoisotopic (exact) mass is 662 g/mol. The lowest BCUT2D eigenvalue weighted by Gasteiger charge is -2.21. The number of phenolic OH excluding ortho intramolecular Hbond substituents is 2. The summed E-state index contributed by atoms with van der Waals surface area (Å²) in [5.74, 6) is 0.669. The lowest BCUT2D eigenvalue weighted by molar-refractivity contribution is 0.470. The molecule has 7 aromatic carbocycles. The first-order valence-electron chi connectivity index (χ1n) is 16.3. The molecule has 0 aliphatic heterocycles. The van der Waals surface area contributed by atoms with E-state index in [1.807, 2.05) is 12.1 Å². The zero-order chi connectivity index (χ0) is 33.4. The molecule has 0 aromatic heterocycles.